The van der Waals surface area contributed by atoms with Crippen LogP contribution in [0.15, 0.2) is 47.0 Å². The molecule has 0 unspecified atom stereocenters. The second-order valence-corrected chi connectivity index (χ2v) is 11.1. The van der Waals surface area contributed by atoms with E-state index >= 15 is 0 Å². The number of nitrogens with zero attached hydrogens (tertiary/aromatic N) is 4. The van der Waals surface area contributed by atoms with E-state index in [1.54, 1.807) is 13.3 Å². The molecule has 2 bridgehead atoms. The molecule has 2 heterocycles. The molecule has 7 rings (SSSR count). The fourth-order valence-corrected chi connectivity index (χ4v) is 6.39. The molecule has 2 aromatic heterocycles. The first-order valence-corrected chi connectivity index (χ1v) is 13.2. The number of anilines is 1. The van der Waals surface area contributed by atoms with Gasteiger partial charge in [-0.2, -0.15) is 0 Å². The average Bonchev–Trinajstić information content (AvgIpc) is 3.34. The van der Waals surface area contributed by atoms with Crippen LogP contribution in [0.4, 0.5) is 5.69 Å². The molecule has 1 aromatic carbocycles. The number of hydrogen-bond acceptors (Lipinski definition) is 6. The Bertz CT molecular complexity index is 1240. The maximum absolute atomic E-state index is 13.8. The van der Waals surface area contributed by atoms with E-state index in [-0.39, 0.29) is 22.7 Å². The van der Waals surface area contributed by atoms with Gasteiger partial charge >= 0.3 is 0 Å². The van der Waals surface area contributed by atoms with Crippen LogP contribution >= 0.6 is 0 Å². The van der Waals surface area contributed by atoms with E-state index in [0.29, 0.717) is 11.8 Å². The maximum Gasteiger partial charge on any atom is 0.230 e. The number of benzene rings is 1. The summed E-state index contributed by atoms with van der Waals surface area (Å²) in [6.45, 7) is 2.65. The lowest BCUT2D eigenvalue weighted by Crippen LogP contribution is -2.52. The molecule has 4 fully saturated rings. The number of aromatic nitrogens is 3. The highest BCUT2D eigenvalue weighted by Crippen LogP contribution is 2.58. The van der Waals surface area contributed by atoms with Crippen molar-refractivity contribution in [2.75, 3.05) is 18.6 Å². The molecule has 3 aromatic rings. The van der Waals surface area contributed by atoms with E-state index in [9.17, 15) is 4.79 Å². The number of rotatable bonds is 7. The SMILES string of the molecule is COc1cc(-c2cccc(N(CC34CCC(c5nnc(C)o5)(CC3)CC4)C(=O)C3CCC3)c2)ccn1. The summed E-state index contributed by atoms with van der Waals surface area (Å²) in [6, 6.07) is 12.3. The number of pyridine rings is 1. The Morgan fingerprint density at radius 1 is 1.06 bits per heavy atom. The summed E-state index contributed by atoms with van der Waals surface area (Å²) in [5.41, 5.74) is 3.26. The van der Waals surface area contributed by atoms with Crippen LogP contribution in [0.3, 0.4) is 0 Å². The van der Waals surface area contributed by atoms with Crippen molar-refractivity contribution < 1.29 is 13.9 Å². The van der Waals surface area contributed by atoms with Crippen LogP contribution in [-0.2, 0) is 10.2 Å². The first-order valence-electron chi connectivity index (χ1n) is 13.2. The number of carbonyl (C=O) groups excluding carboxylic acids is 1. The summed E-state index contributed by atoms with van der Waals surface area (Å²) < 4.78 is 11.2. The topological polar surface area (TPSA) is 81.4 Å². The van der Waals surface area contributed by atoms with Crippen molar-refractivity contribution in [1.82, 2.24) is 15.2 Å². The summed E-state index contributed by atoms with van der Waals surface area (Å²) in [5.74, 6) is 2.49. The van der Waals surface area contributed by atoms with E-state index in [4.69, 9.17) is 9.15 Å². The highest BCUT2D eigenvalue weighted by molar-refractivity contribution is 5.96. The second-order valence-electron chi connectivity index (χ2n) is 11.1. The third-order valence-corrected chi connectivity index (χ3v) is 9.03. The minimum Gasteiger partial charge on any atom is -0.481 e. The monoisotopic (exact) mass is 486 g/mol. The van der Waals surface area contributed by atoms with Gasteiger partial charge in [-0.25, -0.2) is 4.98 Å². The molecule has 36 heavy (non-hydrogen) atoms. The minimum absolute atomic E-state index is 0.0200. The molecule has 188 valence electrons. The summed E-state index contributed by atoms with van der Waals surface area (Å²) in [5, 5.41) is 8.49. The van der Waals surface area contributed by atoms with Crippen LogP contribution in [0.25, 0.3) is 11.1 Å². The van der Waals surface area contributed by atoms with Crippen LogP contribution < -0.4 is 9.64 Å². The standard InChI is InChI=1S/C29H34N4O3/c1-20-31-32-27(36-20)29-13-10-28(11-14-29,12-15-29)19-33(26(34)21-5-3-6-21)24-8-4-7-22(17-24)23-9-16-30-25(18-23)35-2/h4,7-9,16-18,21H,3,5-6,10-15,19H2,1-2H3. The molecule has 7 heteroatoms. The van der Waals surface area contributed by atoms with Crippen molar-refractivity contribution in [3.05, 3.63) is 54.4 Å². The number of fused-ring (bicyclic) bond motifs is 3. The molecule has 1 amide bonds. The van der Waals surface area contributed by atoms with Crippen LogP contribution in [0.1, 0.15) is 69.6 Å². The van der Waals surface area contributed by atoms with Crippen molar-refractivity contribution >= 4 is 11.6 Å². The van der Waals surface area contributed by atoms with Crippen LogP contribution in [0.2, 0.25) is 0 Å². The van der Waals surface area contributed by atoms with Crippen LogP contribution in [0, 0.1) is 18.3 Å². The molecule has 0 N–H and O–H groups in total. The van der Waals surface area contributed by atoms with Gasteiger partial charge < -0.3 is 14.1 Å². The van der Waals surface area contributed by atoms with E-state index in [1.165, 1.54) is 0 Å². The highest BCUT2D eigenvalue weighted by atomic mass is 16.5. The van der Waals surface area contributed by atoms with Gasteiger partial charge in [0.05, 0.1) is 7.11 Å². The minimum atomic E-state index is 0.0200. The lowest BCUT2D eigenvalue weighted by atomic mass is 9.53. The molecule has 7 nitrogen and oxygen atoms in total. The van der Waals surface area contributed by atoms with Crippen molar-refractivity contribution in [3.63, 3.8) is 0 Å². The first-order chi connectivity index (χ1) is 17.5. The predicted molar refractivity (Wildman–Crippen MR) is 137 cm³/mol. The van der Waals surface area contributed by atoms with Crippen molar-refractivity contribution in [3.8, 4) is 17.0 Å². The lowest BCUT2D eigenvalue weighted by Gasteiger charge is -2.53. The van der Waals surface area contributed by atoms with Gasteiger partial charge in [-0.1, -0.05) is 18.6 Å². The van der Waals surface area contributed by atoms with Crippen molar-refractivity contribution in [2.45, 2.75) is 70.1 Å². The molecule has 4 saturated carbocycles. The molecule has 0 radical (unpaired) electrons. The summed E-state index contributed by atoms with van der Waals surface area (Å²) in [6.07, 6.45) is 11.3. The fraction of sp³-hybridized carbons (Fsp3) is 0.517. The number of amides is 1. The number of carbonyl (C=O) groups is 1. The Morgan fingerprint density at radius 3 is 2.44 bits per heavy atom. The van der Waals surface area contributed by atoms with E-state index < -0.39 is 0 Å². The van der Waals surface area contributed by atoms with Gasteiger partial charge in [-0.05, 0) is 86.1 Å². The van der Waals surface area contributed by atoms with E-state index in [2.05, 4.69) is 44.3 Å². The Labute approximate surface area is 212 Å². The van der Waals surface area contributed by atoms with Gasteiger partial charge in [0.2, 0.25) is 23.6 Å². The quantitative estimate of drug-likeness (QED) is 0.415. The smallest absolute Gasteiger partial charge is 0.230 e. The summed E-state index contributed by atoms with van der Waals surface area (Å²) in [4.78, 5) is 20.1. The predicted octanol–water partition coefficient (Wildman–Crippen LogP) is 5.87. The largest absolute Gasteiger partial charge is 0.481 e. The molecular formula is C29H34N4O3. The average molecular weight is 487 g/mol. The van der Waals surface area contributed by atoms with Crippen LogP contribution in [-0.4, -0.2) is 34.7 Å². The van der Waals surface area contributed by atoms with Crippen LogP contribution in [0.5, 0.6) is 5.88 Å². The fourth-order valence-electron chi connectivity index (χ4n) is 6.39. The van der Waals surface area contributed by atoms with E-state index in [0.717, 1.165) is 87.0 Å². The third kappa shape index (κ3) is 4.08. The van der Waals surface area contributed by atoms with Crippen molar-refractivity contribution in [2.24, 2.45) is 11.3 Å². The number of ether oxygens (including phenoxy) is 1. The zero-order valence-corrected chi connectivity index (χ0v) is 21.2. The number of aryl methyl sites for hydroxylation is 1. The Morgan fingerprint density at radius 2 is 1.81 bits per heavy atom. The highest BCUT2D eigenvalue weighted by Gasteiger charge is 2.53. The second kappa shape index (κ2) is 9.02. The van der Waals surface area contributed by atoms with Gasteiger partial charge in [0, 0.05) is 42.8 Å². The molecule has 4 aliphatic carbocycles. The zero-order chi connectivity index (χ0) is 24.8. The first kappa shape index (κ1) is 23.2. The molecule has 4 aliphatic rings. The number of hydrogen-bond donors (Lipinski definition) is 0. The molecule has 0 atom stereocenters. The van der Waals surface area contributed by atoms with Gasteiger partial charge in [0.1, 0.15) is 0 Å². The van der Waals surface area contributed by atoms with Gasteiger partial charge in [-0.15, -0.1) is 10.2 Å². The van der Waals surface area contributed by atoms with Gasteiger partial charge in [-0.3, -0.25) is 4.79 Å². The molecule has 0 spiro atoms. The lowest BCUT2D eigenvalue weighted by molar-refractivity contribution is -0.125. The number of methoxy groups -OCH3 is 1. The van der Waals surface area contributed by atoms with E-state index in [1.807, 2.05) is 19.1 Å². The Hall–Kier alpha value is -3.22. The summed E-state index contributed by atoms with van der Waals surface area (Å²) in [7, 11) is 1.63. The third-order valence-electron chi connectivity index (χ3n) is 9.03. The Balaban J connectivity index is 1.28. The van der Waals surface area contributed by atoms with Gasteiger partial charge in [0.15, 0.2) is 0 Å². The maximum atomic E-state index is 13.8. The Kier molecular flexibility index (Phi) is 5.81. The van der Waals surface area contributed by atoms with Gasteiger partial charge in [0.25, 0.3) is 0 Å². The van der Waals surface area contributed by atoms with Crippen molar-refractivity contribution in [1.29, 1.82) is 0 Å². The summed E-state index contributed by atoms with van der Waals surface area (Å²) >= 11 is 0. The molecule has 0 saturated heterocycles. The normalized spacial score (nSPS) is 25.4. The molecule has 0 aliphatic heterocycles. The molecular weight excluding hydrogens is 452 g/mol. The zero-order valence-electron chi connectivity index (χ0n) is 21.2.